The fraction of sp³-hybridized carbons (Fsp3) is 0.286. The Hall–Kier alpha value is -4.47. The molecule has 0 aliphatic carbocycles. The first-order valence-corrected chi connectivity index (χ1v) is 12.0. The standard InChI is InChI=1S/C28H30FN3O6/c1-19(2)30-28(34)25(15-20-7-5-4-6-8-20)31(17-21-9-11-22(29)12-10-21)27(33)18-38-23-13-14-24(32(35)36)26(16-23)37-3/h4-14,16,19,25H,15,17-18H2,1-3H3,(H,30,34)/t25-/m0/s1. The highest BCUT2D eigenvalue weighted by Gasteiger charge is 2.31. The van der Waals surface area contributed by atoms with Gasteiger partial charge in [-0.15, -0.1) is 0 Å². The van der Waals surface area contributed by atoms with Gasteiger partial charge < -0.3 is 19.7 Å². The van der Waals surface area contributed by atoms with Gasteiger partial charge in [-0.2, -0.15) is 0 Å². The minimum Gasteiger partial charge on any atom is -0.490 e. The number of carbonyl (C=O) groups excluding carboxylic acids is 2. The average molecular weight is 524 g/mol. The molecule has 1 atom stereocenters. The van der Waals surface area contributed by atoms with Crippen molar-refractivity contribution in [3.05, 3.63) is 99.9 Å². The van der Waals surface area contributed by atoms with Crippen LogP contribution in [0, 0.1) is 15.9 Å². The van der Waals surface area contributed by atoms with Crippen LogP contribution in [-0.2, 0) is 22.6 Å². The van der Waals surface area contributed by atoms with Crippen molar-refractivity contribution in [2.24, 2.45) is 0 Å². The number of hydrogen-bond donors (Lipinski definition) is 1. The van der Waals surface area contributed by atoms with Gasteiger partial charge in [0.25, 0.3) is 5.91 Å². The normalized spacial score (nSPS) is 11.5. The van der Waals surface area contributed by atoms with Crippen LogP contribution in [0.25, 0.3) is 0 Å². The summed E-state index contributed by atoms with van der Waals surface area (Å²) in [6.45, 7) is 3.25. The lowest BCUT2D eigenvalue weighted by molar-refractivity contribution is -0.385. The van der Waals surface area contributed by atoms with Crippen LogP contribution in [0.15, 0.2) is 72.8 Å². The summed E-state index contributed by atoms with van der Waals surface area (Å²) in [6.07, 6.45) is 0.248. The number of rotatable bonds is 12. The number of halogens is 1. The Bertz CT molecular complexity index is 1250. The molecule has 200 valence electrons. The van der Waals surface area contributed by atoms with E-state index in [1.165, 1.54) is 42.3 Å². The Kier molecular flexibility index (Phi) is 9.75. The quantitative estimate of drug-likeness (QED) is 0.280. The molecule has 0 bridgehead atoms. The number of nitro groups is 1. The molecule has 38 heavy (non-hydrogen) atoms. The molecule has 10 heteroatoms. The van der Waals surface area contributed by atoms with Crippen LogP contribution in [0.4, 0.5) is 10.1 Å². The number of nitrogens with zero attached hydrogens (tertiary/aromatic N) is 2. The van der Waals surface area contributed by atoms with Crippen molar-refractivity contribution in [3.8, 4) is 11.5 Å². The molecule has 0 aromatic heterocycles. The van der Waals surface area contributed by atoms with E-state index in [9.17, 15) is 24.1 Å². The molecular weight excluding hydrogens is 493 g/mol. The van der Waals surface area contributed by atoms with Crippen LogP contribution >= 0.6 is 0 Å². The molecule has 0 aliphatic rings. The zero-order chi connectivity index (χ0) is 27.7. The number of nitrogens with one attached hydrogen (secondary N) is 1. The van der Waals surface area contributed by atoms with Crippen molar-refractivity contribution < 1.29 is 28.4 Å². The number of hydrogen-bond acceptors (Lipinski definition) is 6. The van der Waals surface area contributed by atoms with Crippen molar-refractivity contribution >= 4 is 17.5 Å². The minimum absolute atomic E-state index is 0.0126. The molecule has 0 spiro atoms. The summed E-state index contributed by atoms with van der Waals surface area (Å²) in [7, 11) is 1.29. The van der Waals surface area contributed by atoms with Crippen LogP contribution in [0.2, 0.25) is 0 Å². The van der Waals surface area contributed by atoms with E-state index < -0.39 is 29.3 Å². The fourth-order valence-corrected chi connectivity index (χ4v) is 3.85. The predicted octanol–water partition coefficient (Wildman–Crippen LogP) is 4.29. The SMILES string of the molecule is COc1cc(OCC(=O)N(Cc2ccc(F)cc2)[C@@H](Cc2ccccc2)C(=O)NC(C)C)ccc1[N+](=O)[O-]. The average Bonchev–Trinajstić information content (AvgIpc) is 2.90. The highest BCUT2D eigenvalue weighted by molar-refractivity contribution is 5.88. The second-order valence-corrected chi connectivity index (χ2v) is 8.90. The Labute approximate surface area is 220 Å². The molecule has 0 saturated carbocycles. The molecule has 3 aromatic carbocycles. The molecule has 0 saturated heterocycles. The van der Waals surface area contributed by atoms with Crippen LogP contribution in [0.1, 0.15) is 25.0 Å². The van der Waals surface area contributed by atoms with Crippen molar-refractivity contribution in [2.75, 3.05) is 13.7 Å². The Morgan fingerprint density at radius 3 is 2.32 bits per heavy atom. The molecule has 0 heterocycles. The second kappa shape index (κ2) is 13.2. The zero-order valence-electron chi connectivity index (χ0n) is 21.4. The summed E-state index contributed by atoms with van der Waals surface area (Å²) < 4.78 is 24.3. The summed E-state index contributed by atoms with van der Waals surface area (Å²) in [5.41, 5.74) is 1.25. The van der Waals surface area contributed by atoms with Crippen molar-refractivity contribution in [1.29, 1.82) is 0 Å². The minimum atomic E-state index is -0.882. The lowest BCUT2D eigenvalue weighted by Crippen LogP contribution is -2.52. The molecule has 2 amide bonds. The smallest absolute Gasteiger partial charge is 0.311 e. The highest BCUT2D eigenvalue weighted by Crippen LogP contribution is 2.30. The molecule has 1 N–H and O–H groups in total. The summed E-state index contributed by atoms with van der Waals surface area (Å²) in [6, 6.07) is 17.9. The van der Waals surface area contributed by atoms with Gasteiger partial charge in [0, 0.05) is 31.1 Å². The van der Waals surface area contributed by atoms with Crippen molar-refractivity contribution in [2.45, 2.75) is 38.9 Å². The van der Waals surface area contributed by atoms with Crippen LogP contribution in [0.3, 0.4) is 0 Å². The lowest BCUT2D eigenvalue weighted by atomic mass is 10.0. The van der Waals surface area contributed by atoms with Crippen molar-refractivity contribution in [3.63, 3.8) is 0 Å². The lowest BCUT2D eigenvalue weighted by Gasteiger charge is -2.32. The van der Waals surface area contributed by atoms with Gasteiger partial charge in [0.15, 0.2) is 6.61 Å². The number of amides is 2. The summed E-state index contributed by atoms with van der Waals surface area (Å²) in [4.78, 5) is 38.9. The van der Waals surface area contributed by atoms with Gasteiger partial charge in [0.2, 0.25) is 11.7 Å². The van der Waals surface area contributed by atoms with E-state index in [4.69, 9.17) is 9.47 Å². The molecule has 0 aliphatic heterocycles. The topological polar surface area (TPSA) is 111 Å². The van der Waals surface area contributed by atoms with Crippen LogP contribution in [-0.4, -0.2) is 47.4 Å². The number of carbonyl (C=O) groups is 2. The van der Waals surface area contributed by atoms with Gasteiger partial charge in [-0.3, -0.25) is 19.7 Å². The molecule has 3 aromatic rings. The fourth-order valence-electron chi connectivity index (χ4n) is 3.85. The van der Waals surface area contributed by atoms with E-state index >= 15 is 0 Å². The van der Waals surface area contributed by atoms with Gasteiger partial charge in [0.1, 0.15) is 17.6 Å². The summed E-state index contributed by atoms with van der Waals surface area (Å²) in [5, 5.41) is 14.1. The summed E-state index contributed by atoms with van der Waals surface area (Å²) in [5.74, 6) is -1.07. The van der Waals surface area contributed by atoms with E-state index in [-0.39, 0.29) is 42.1 Å². The van der Waals surface area contributed by atoms with E-state index in [1.54, 1.807) is 12.1 Å². The number of benzene rings is 3. The highest BCUT2D eigenvalue weighted by atomic mass is 19.1. The van der Waals surface area contributed by atoms with Gasteiger partial charge in [0.05, 0.1) is 12.0 Å². The third kappa shape index (κ3) is 7.76. The van der Waals surface area contributed by atoms with Crippen LogP contribution < -0.4 is 14.8 Å². The van der Waals surface area contributed by atoms with Crippen molar-refractivity contribution in [1.82, 2.24) is 10.2 Å². The van der Waals surface area contributed by atoms with Gasteiger partial charge in [-0.1, -0.05) is 42.5 Å². The molecule has 0 radical (unpaired) electrons. The maximum Gasteiger partial charge on any atom is 0.311 e. The Morgan fingerprint density at radius 1 is 1.03 bits per heavy atom. The molecule has 3 rings (SSSR count). The van der Waals surface area contributed by atoms with Gasteiger partial charge in [-0.25, -0.2) is 4.39 Å². The largest absolute Gasteiger partial charge is 0.490 e. The Balaban J connectivity index is 1.90. The number of nitro benzene ring substituents is 1. The van der Waals surface area contributed by atoms with E-state index in [2.05, 4.69) is 5.32 Å². The maximum atomic E-state index is 13.5. The van der Waals surface area contributed by atoms with E-state index in [1.807, 2.05) is 44.2 Å². The summed E-state index contributed by atoms with van der Waals surface area (Å²) >= 11 is 0. The van der Waals surface area contributed by atoms with Crippen LogP contribution in [0.5, 0.6) is 11.5 Å². The first-order valence-electron chi connectivity index (χ1n) is 12.0. The maximum absolute atomic E-state index is 13.5. The van der Waals surface area contributed by atoms with E-state index in [0.717, 1.165) is 5.56 Å². The predicted molar refractivity (Wildman–Crippen MR) is 139 cm³/mol. The van der Waals surface area contributed by atoms with Gasteiger partial charge in [-0.05, 0) is 43.2 Å². The second-order valence-electron chi connectivity index (χ2n) is 8.90. The zero-order valence-corrected chi connectivity index (χ0v) is 21.4. The van der Waals surface area contributed by atoms with Gasteiger partial charge >= 0.3 is 5.69 Å². The molecular formula is C28H30FN3O6. The molecule has 9 nitrogen and oxygen atoms in total. The first kappa shape index (κ1) is 28.1. The third-order valence-electron chi connectivity index (χ3n) is 5.68. The first-order chi connectivity index (χ1) is 18.2. The molecule has 0 fully saturated rings. The number of methoxy groups -OCH3 is 1. The monoisotopic (exact) mass is 523 g/mol. The van der Waals surface area contributed by atoms with E-state index in [0.29, 0.717) is 5.56 Å². The third-order valence-corrected chi connectivity index (χ3v) is 5.68. The number of ether oxygens (including phenoxy) is 2. The Morgan fingerprint density at radius 2 is 1.71 bits per heavy atom. The molecule has 0 unspecified atom stereocenters.